The summed E-state index contributed by atoms with van der Waals surface area (Å²) in [7, 11) is -15.9. The lowest BCUT2D eigenvalue weighted by atomic mass is 10.7. The lowest BCUT2D eigenvalue weighted by Crippen LogP contribution is -2.59. The fourth-order valence-corrected chi connectivity index (χ4v) is 23.8. The zero-order chi connectivity index (χ0) is 23.3. The third-order valence-corrected chi connectivity index (χ3v) is 21.1. The SMILES string of the molecule is C=CC(=O)OC[Si](C)(C)O[Si](C)(C)O[Si](C)(C)O[Si](C)(C)O[Si](O)O[Si](C)(C)O. The van der Waals surface area contributed by atoms with Crippen molar-refractivity contribution in [3.8, 4) is 0 Å². The summed E-state index contributed by atoms with van der Waals surface area (Å²) in [5.41, 5.74) is 0. The Bertz CT molecular complexity index is 562. The van der Waals surface area contributed by atoms with Gasteiger partial charge in [-0.2, -0.15) is 0 Å². The van der Waals surface area contributed by atoms with E-state index in [4.69, 9.17) is 25.3 Å². The maximum atomic E-state index is 11.3. The molecule has 1 radical (unpaired) electrons. The summed E-state index contributed by atoms with van der Waals surface area (Å²) in [6, 6.07) is 0. The van der Waals surface area contributed by atoms with Crippen LogP contribution in [0.2, 0.25) is 65.5 Å². The van der Waals surface area contributed by atoms with Gasteiger partial charge in [-0.15, -0.1) is 0 Å². The molecular formula is C14H37O9Si6. The highest BCUT2D eigenvalue weighted by Crippen LogP contribution is 2.25. The van der Waals surface area contributed by atoms with Crippen molar-refractivity contribution in [2.45, 2.75) is 65.5 Å². The van der Waals surface area contributed by atoms with Crippen molar-refractivity contribution >= 4 is 58.1 Å². The van der Waals surface area contributed by atoms with Gasteiger partial charge in [0.1, 0.15) is 6.23 Å². The highest BCUT2D eigenvalue weighted by Gasteiger charge is 2.46. The van der Waals surface area contributed by atoms with E-state index < -0.39 is 58.1 Å². The van der Waals surface area contributed by atoms with E-state index in [1.165, 1.54) is 0 Å². The summed E-state index contributed by atoms with van der Waals surface area (Å²) in [5, 5.41) is 0. The molecule has 2 N–H and O–H groups in total. The molecule has 0 aliphatic carbocycles. The van der Waals surface area contributed by atoms with Gasteiger partial charge < -0.3 is 34.9 Å². The summed E-state index contributed by atoms with van der Waals surface area (Å²) >= 11 is 0. The highest BCUT2D eigenvalue weighted by atomic mass is 28.5. The molecule has 0 heterocycles. The van der Waals surface area contributed by atoms with Crippen molar-refractivity contribution < 1.29 is 39.7 Å². The van der Waals surface area contributed by atoms with Crippen LogP contribution in [0.15, 0.2) is 12.7 Å². The highest BCUT2D eigenvalue weighted by molar-refractivity contribution is 6.89. The third-order valence-electron chi connectivity index (χ3n) is 2.90. The average Bonchev–Trinajstić information content (AvgIpc) is 2.37. The molecular weight excluding hydrogens is 481 g/mol. The van der Waals surface area contributed by atoms with E-state index in [1.807, 2.05) is 39.3 Å². The second kappa shape index (κ2) is 10.7. The molecule has 9 nitrogen and oxygen atoms in total. The van der Waals surface area contributed by atoms with E-state index in [-0.39, 0.29) is 6.23 Å². The van der Waals surface area contributed by atoms with Crippen LogP contribution in [-0.2, 0) is 30.1 Å². The summed E-state index contributed by atoms with van der Waals surface area (Å²) in [4.78, 5) is 31.1. The van der Waals surface area contributed by atoms with Crippen LogP contribution in [0.1, 0.15) is 0 Å². The number of esters is 1. The minimum absolute atomic E-state index is 0.207. The third kappa shape index (κ3) is 14.8. The summed E-state index contributed by atoms with van der Waals surface area (Å²) < 4.78 is 34.8. The summed E-state index contributed by atoms with van der Waals surface area (Å²) in [6.07, 6.45) is 1.33. The van der Waals surface area contributed by atoms with Gasteiger partial charge in [0.25, 0.3) is 0 Å². The maximum absolute atomic E-state index is 11.3. The van der Waals surface area contributed by atoms with Crippen molar-refractivity contribution in [1.82, 2.24) is 0 Å². The first kappa shape index (κ1) is 29.2. The van der Waals surface area contributed by atoms with Gasteiger partial charge in [0, 0.05) is 6.08 Å². The van der Waals surface area contributed by atoms with Crippen LogP contribution in [0, 0.1) is 0 Å². The molecule has 0 aliphatic heterocycles. The number of hydrogen-bond acceptors (Lipinski definition) is 9. The van der Waals surface area contributed by atoms with Crippen LogP contribution in [0.4, 0.5) is 0 Å². The van der Waals surface area contributed by atoms with Crippen LogP contribution in [0.5, 0.6) is 0 Å². The van der Waals surface area contributed by atoms with E-state index in [1.54, 1.807) is 26.2 Å². The van der Waals surface area contributed by atoms with Gasteiger partial charge in [-0.05, 0) is 65.5 Å². The molecule has 0 unspecified atom stereocenters. The minimum Gasteiger partial charge on any atom is -0.463 e. The lowest BCUT2D eigenvalue weighted by molar-refractivity contribution is -0.136. The van der Waals surface area contributed by atoms with Crippen LogP contribution >= 0.6 is 0 Å². The van der Waals surface area contributed by atoms with Crippen molar-refractivity contribution in [2.24, 2.45) is 0 Å². The molecule has 0 spiro atoms. The topological polar surface area (TPSA) is 113 Å². The van der Waals surface area contributed by atoms with E-state index in [0.717, 1.165) is 6.08 Å². The second-order valence-corrected chi connectivity index (χ2v) is 28.7. The molecule has 29 heavy (non-hydrogen) atoms. The van der Waals surface area contributed by atoms with Gasteiger partial charge in [0.2, 0.25) is 8.32 Å². The van der Waals surface area contributed by atoms with E-state index in [2.05, 4.69) is 6.58 Å². The molecule has 0 saturated heterocycles. The molecule has 0 aliphatic rings. The standard InChI is InChI=1S/C14H37O9Si6/c1-12-14(15)18-13-25(2,3)21-28(8,9)23-29(10,11)22-27(6,7)20-24(16)19-26(4,5)17/h12,16-17H,1,13H2,2-11H3. The van der Waals surface area contributed by atoms with Gasteiger partial charge >= 0.3 is 49.7 Å². The van der Waals surface area contributed by atoms with Crippen LogP contribution in [0.25, 0.3) is 0 Å². The largest absolute Gasteiger partial charge is 0.555 e. The fourth-order valence-electron chi connectivity index (χ4n) is 2.69. The first-order valence-electron chi connectivity index (χ1n) is 9.24. The van der Waals surface area contributed by atoms with Crippen molar-refractivity contribution in [3.05, 3.63) is 12.7 Å². The predicted molar refractivity (Wildman–Crippen MR) is 124 cm³/mol. The van der Waals surface area contributed by atoms with Crippen LogP contribution in [0.3, 0.4) is 0 Å². The van der Waals surface area contributed by atoms with Crippen molar-refractivity contribution in [3.63, 3.8) is 0 Å². The quantitative estimate of drug-likeness (QED) is 0.216. The Balaban J connectivity index is 4.94. The Hall–Kier alpha value is 0.231. The minimum atomic E-state index is -2.90. The molecule has 171 valence electrons. The van der Waals surface area contributed by atoms with E-state index in [9.17, 15) is 14.4 Å². The van der Waals surface area contributed by atoms with Crippen molar-refractivity contribution in [2.75, 3.05) is 6.23 Å². The summed E-state index contributed by atoms with van der Waals surface area (Å²) in [5.74, 6) is -0.476. The molecule has 0 fully saturated rings. The first-order chi connectivity index (χ1) is 12.7. The molecule has 0 aromatic heterocycles. The van der Waals surface area contributed by atoms with Gasteiger partial charge in [-0.25, -0.2) is 4.79 Å². The second-order valence-electron chi connectivity index (χ2n) is 8.99. The number of carbonyl (C=O) groups is 1. The van der Waals surface area contributed by atoms with Crippen molar-refractivity contribution in [1.29, 1.82) is 0 Å². The molecule has 0 amide bonds. The zero-order valence-corrected chi connectivity index (χ0v) is 25.2. The van der Waals surface area contributed by atoms with Crippen LogP contribution in [-0.4, -0.2) is 73.9 Å². The molecule has 0 aromatic rings. The van der Waals surface area contributed by atoms with Gasteiger partial charge in [0.05, 0.1) is 0 Å². The Morgan fingerprint density at radius 3 is 1.76 bits per heavy atom. The number of hydrogen-bond donors (Lipinski definition) is 2. The van der Waals surface area contributed by atoms with E-state index >= 15 is 0 Å². The Morgan fingerprint density at radius 2 is 1.31 bits per heavy atom. The zero-order valence-electron chi connectivity index (χ0n) is 19.2. The predicted octanol–water partition coefficient (Wildman–Crippen LogP) is 2.32. The lowest BCUT2D eigenvalue weighted by Gasteiger charge is -2.40. The number of ether oxygens (including phenoxy) is 1. The molecule has 15 heteroatoms. The molecule has 0 aromatic carbocycles. The average molecular weight is 518 g/mol. The van der Waals surface area contributed by atoms with Gasteiger partial charge in [0.15, 0.2) is 0 Å². The Labute approximate surface area is 182 Å². The van der Waals surface area contributed by atoms with E-state index in [0.29, 0.717) is 0 Å². The van der Waals surface area contributed by atoms with Crippen LogP contribution < -0.4 is 0 Å². The first-order valence-corrected chi connectivity index (χ1v) is 24.9. The molecule has 0 bridgehead atoms. The monoisotopic (exact) mass is 517 g/mol. The molecule has 0 saturated carbocycles. The smallest absolute Gasteiger partial charge is 0.463 e. The fraction of sp³-hybridized carbons (Fsp3) is 0.786. The molecule has 0 atom stereocenters. The number of rotatable bonds is 13. The Kier molecular flexibility index (Phi) is 10.8. The van der Waals surface area contributed by atoms with Gasteiger partial charge in [-0.1, -0.05) is 6.58 Å². The Morgan fingerprint density at radius 1 is 0.862 bits per heavy atom. The van der Waals surface area contributed by atoms with Gasteiger partial charge in [-0.3, -0.25) is 0 Å². The molecule has 0 rings (SSSR count). The number of carbonyl (C=O) groups excluding carboxylic acids is 1. The maximum Gasteiger partial charge on any atom is 0.555 e. The summed E-state index contributed by atoms with van der Waals surface area (Å²) in [6.45, 7) is 21.6. The normalized spacial score (nSPS) is 14.2.